The van der Waals surface area contributed by atoms with E-state index >= 15 is 0 Å². The Hall–Kier alpha value is -1.26. The zero-order chi connectivity index (χ0) is 14.8. The van der Waals surface area contributed by atoms with Crippen molar-refractivity contribution in [1.29, 1.82) is 0 Å². The highest BCUT2D eigenvalue weighted by Crippen LogP contribution is 2.32. The minimum Gasteiger partial charge on any atom is -0.484 e. The lowest BCUT2D eigenvalue weighted by Gasteiger charge is -2.34. The number of hydrogen-bond acceptors (Lipinski definition) is 3. The van der Waals surface area contributed by atoms with E-state index in [1.807, 2.05) is 11.0 Å². The molecule has 114 valence electrons. The smallest absolute Gasteiger partial charge is 0.260 e. The molecule has 0 aromatic heterocycles. The van der Waals surface area contributed by atoms with E-state index in [1.165, 1.54) is 0 Å². The molecule has 3 rings (SSSR count). The average molecular weight is 310 g/mol. The number of carbonyl (C=O) groups excluding carboxylic acids is 1. The second kappa shape index (κ2) is 6.24. The number of rotatable bonds is 3. The van der Waals surface area contributed by atoms with Crippen molar-refractivity contribution in [3.8, 4) is 5.75 Å². The molecule has 1 amide bonds. The summed E-state index contributed by atoms with van der Waals surface area (Å²) in [6, 6.07) is 7.11. The van der Waals surface area contributed by atoms with Crippen LogP contribution in [0.5, 0.6) is 5.75 Å². The number of fused-ring (bicyclic) bond motifs is 1. The minimum absolute atomic E-state index is 0.0352. The van der Waals surface area contributed by atoms with Gasteiger partial charge in [0.05, 0.1) is 12.2 Å². The van der Waals surface area contributed by atoms with Crippen LogP contribution >= 0.6 is 11.6 Å². The number of amides is 1. The van der Waals surface area contributed by atoms with Gasteiger partial charge in [-0.15, -0.1) is 0 Å². The highest BCUT2D eigenvalue weighted by atomic mass is 35.5. The van der Waals surface area contributed by atoms with Crippen molar-refractivity contribution in [3.05, 3.63) is 29.3 Å². The van der Waals surface area contributed by atoms with E-state index in [4.69, 9.17) is 21.1 Å². The molecular weight excluding hydrogens is 290 g/mol. The van der Waals surface area contributed by atoms with Crippen molar-refractivity contribution in [3.63, 3.8) is 0 Å². The molecule has 0 unspecified atom stereocenters. The Balaban J connectivity index is 1.52. The molecule has 0 bridgehead atoms. The number of hydrogen-bond donors (Lipinski definition) is 0. The molecule has 2 aliphatic heterocycles. The lowest BCUT2D eigenvalue weighted by atomic mass is 9.93. The van der Waals surface area contributed by atoms with Gasteiger partial charge in [0.25, 0.3) is 5.91 Å². The van der Waals surface area contributed by atoms with Gasteiger partial charge in [-0.05, 0) is 38.0 Å². The van der Waals surface area contributed by atoms with Gasteiger partial charge < -0.3 is 14.4 Å². The first kappa shape index (κ1) is 14.7. The summed E-state index contributed by atoms with van der Waals surface area (Å²) in [6.07, 6.45) is 2.62. The van der Waals surface area contributed by atoms with Crippen LogP contribution in [-0.4, -0.2) is 42.7 Å². The molecule has 2 saturated heterocycles. The fourth-order valence-electron chi connectivity index (χ4n) is 3.22. The SMILES string of the molecule is C[C@@H]1C[C@@H]2CN(C(=O)COc3cccc(Cl)c3)CC[C@H]2O1. The maximum Gasteiger partial charge on any atom is 0.260 e. The van der Waals surface area contributed by atoms with Gasteiger partial charge in [-0.25, -0.2) is 0 Å². The predicted octanol–water partition coefficient (Wildman–Crippen LogP) is 2.74. The molecule has 2 heterocycles. The summed E-state index contributed by atoms with van der Waals surface area (Å²) in [5.41, 5.74) is 0. The molecule has 1 aromatic carbocycles. The van der Waals surface area contributed by atoms with Gasteiger partial charge in [0.1, 0.15) is 5.75 Å². The van der Waals surface area contributed by atoms with Crippen LogP contribution in [0.4, 0.5) is 0 Å². The molecule has 1 aromatic rings. The molecule has 0 N–H and O–H groups in total. The van der Waals surface area contributed by atoms with Gasteiger partial charge in [0.15, 0.2) is 6.61 Å². The van der Waals surface area contributed by atoms with Gasteiger partial charge in [0.2, 0.25) is 0 Å². The lowest BCUT2D eigenvalue weighted by molar-refractivity contribution is -0.136. The average Bonchev–Trinajstić information content (AvgIpc) is 2.84. The van der Waals surface area contributed by atoms with Gasteiger partial charge >= 0.3 is 0 Å². The third-order valence-electron chi connectivity index (χ3n) is 4.22. The Morgan fingerprint density at radius 1 is 1.52 bits per heavy atom. The highest BCUT2D eigenvalue weighted by molar-refractivity contribution is 6.30. The monoisotopic (exact) mass is 309 g/mol. The summed E-state index contributed by atoms with van der Waals surface area (Å²) in [7, 11) is 0. The highest BCUT2D eigenvalue weighted by Gasteiger charge is 2.38. The molecule has 21 heavy (non-hydrogen) atoms. The van der Waals surface area contributed by atoms with Crippen LogP contribution in [0.1, 0.15) is 19.8 Å². The Kier molecular flexibility index (Phi) is 4.36. The van der Waals surface area contributed by atoms with Crippen molar-refractivity contribution < 1.29 is 14.3 Å². The van der Waals surface area contributed by atoms with E-state index < -0.39 is 0 Å². The minimum atomic E-state index is 0.0352. The number of piperidine rings is 1. The Bertz CT molecular complexity index is 522. The van der Waals surface area contributed by atoms with Crippen LogP contribution in [0.15, 0.2) is 24.3 Å². The molecular formula is C16H20ClNO3. The van der Waals surface area contributed by atoms with Crippen LogP contribution in [0.3, 0.4) is 0 Å². The Morgan fingerprint density at radius 3 is 3.19 bits per heavy atom. The van der Waals surface area contributed by atoms with E-state index in [-0.39, 0.29) is 12.5 Å². The van der Waals surface area contributed by atoms with Crippen LogP contribution in [0, 0.1) is 5.92 Å². The number of halogens is 1. The van der Waals surface area contributed by atoms with Crippen molar-refractivity contribution in [2.24, 2.45) is 5.92 Å². The fourth-order valence-corrected chi connectivity index (χ4v) is 3.40. The zero-order valence-corrected chi connectivity index (χ0v) is 12.9. The van der Waals surface area contributed by atoms with Gasteiger partial charge in [0, 0.05) is 24.0 Å². The molecule has 0 spiro atoms. The summed E-state index contributed by atoms with van der Waals surface area (Å²) < 4.78 is 11.4. The van der Waals surface area contributed by atoms with Crippen molar-refractivity contribution in [1.82, 2.24) is 4.90 Å². The molecule has 0 aliphatic carbocycles. The summed E-state index contributed by atoms with van der Waals surface area (Å²) >= 11 is 5.89. The first-order valence-electron chi connectivity index (χ1n) is 7.43. The standard InChI is InChI=1S/C16H20ClNO3/c1-11-7-12-9-18(6-5-15(12)21-11)16(19)10-20-14-4-2-3-13(17)8-14/h2-4,8,11-12,15H,5-7,9-10H2,1H3/t11-,12-,15-/m1/s1. The van der Waals surface area contributed by atoms with Gasteiger partial charge in [-0.3, -0.25) is 4.79 Å². The third-order valence-corrected chi connectivity index (χ3v) is 4.45. The van der Waals surface area contributed by atoms with E-state index in [0.717, 1.165) is 25.9 Å². The van der Waals surface area contributed by atoms with Gasteiger partial charge in [-0.2, -0.15) is 0 Å². The van der Waals surface area contributed by atoms with Crippen molar-refractivity contribution in [2.45, 2.75) is 32.0 Å². The molecule has 2 fully saturated rings. The van der Waals surface area contributed by atoms with E-state index in [2.05, 4.69) is 6.92 Å². The molecule has 5 heteroatoms. The molecule has 4 nitrogen and oxygen atoms in total. The largest absolute Gasteiger partial charge is 0.484 e. The lowest BCUT2D eigenvalue weighted by Crippen LogP contribution is -2.46. The number of carbonyl (C=O) groups is 1. The van der Waals surface area contributed by atoms with Crippen LogP contribution in [0.2, 0.25) is 5.02 Å². The molecule has 2 aliphatic rings. The molecule has 0 saturated carbocycles. The zero-order valence-electron chi connectivity index (χ0n) is 12.1. The summed E-state index contributed by atoms with van der Waals surface area (Å²) in [6.45, 7) is 3.71. The van der Waals surface area contributed by atoms with E-state index in [9.17, 15) is 4.79 Å². The fraction of sp³-hybridized carbons (Fsp3) is 0.562. The second-order valence-electron chi connectivity index (χ2n) is 5.86. The number of ether oxygens (including phenoxy) is 2. The van der Waals surface area contributed by atoms with Crippen LogP contribution in [0.25, 0.3) is 0 Å². The predicted molar refractivity (Wildman–Crippen MR) is 80.6 cm³/mol. The van der Waals surface area contributed by atoms with Gasteiger partial charge in [-0.1, -0.05) is 17.7 Å². The van der Waals surface area contributed by atoms with Crippen LogP contribution in [-0.2, 0) is 9.53 Å². The second-order valence-corrected chi connectivity index (χ2v) is 6.29. The number of nitrogens with zero attached hydrogens (tertiary/aromatic N) is 1. The first-order chi connectivity index (χ1) is 10.1. The number of benzene rings is 1. The number of likely N-dealkylation sites (tertiary alicyclic amines) is 1. The quantitative estimate of drug-likeness (QED) is 0.862. The van der Waals surface area contributed by atoms with Crippen molar-refractivity contribution >= 4 is 17.5 Å². The Morgan fingerprint density at radius 2 is 2.38 bits per heavy atom. The van der Waals surface area contributed by atoms with E-state index in [1.54, 1.807) is 18.2 Å². The normalized spacial score (nSPS) is 28.3. The first-order valence-corrected chi connectivity index (χ1v) is 7.81. The maximum absolute atomic E-state index is 12.3. The molecule has 3 atom stereocenters. The third kappa shape index (κ3) is 3.50. The summed E-state index contributed by atoms with van der Waals surface area (Å²) in [4.78, 5) is 14.1. The summed E-state index contributed by atoms with van der Waals surface area (Å²) in [5, 5.41) is 0.609. The van der Waals surface area contributed by atoms with Crippen molar-refractivity contribution in [2.75, 3.05) is 19.7 Å². The summed E-state index contributed by atoms with van der Waals surface area (Å²) in [5.74, 6) is 1.14. The van der Waals surface area contributed by atoms with Crippen LogP contribution < -0.4 is 4.74 Å². The van der Waals surface area contributed by atoms with E-state index in [0.29, 0.717) is 28.9 Å². The maximum atomic E-state index is 12.3. The Labute approximate surface area is 130 Å². The molecule has 0 radical (unpaired) electrons. The topological polar surface area (TPSA) is 38.8 Å².